The number of nitrogens with one attached hydrogen (secondary N) is 2. The summed E-state index contributed by atoms with van der Waals surface area (Å²) in [6.07, 6.45) is 2.16. The standard InChI is InChI=1S/C26H30N2O6/c1-33-15-23(25(30)31)28-24(29)21(16-7-6-8-16)13-27-26(32)34-14-22-19-11-4-2-9-17(19)18-10-3-5-12-20(18)22/h2-5,9-12,16,21-23H,6-8,13-15H2,1H3,(H,27,32)(H,28,29)(H,30,31)/t21?,23-/m0/s1. The summed E-state index contributed by atoms with van der Waals surface area (Å²) in [5.74, 6) is -2.02. The number of methoxy groups -OCH3 is 1. The van der Waals surface area contributed by atoms with Crippen molar-refractivity contribution in [2.75, 3.05) is 26.9 Å². The number of benzene rings is 2. The molecule has 8 nitrogen and oxygen atoms in total. The van der Waals surface area contributed by atoms with Gasteiger partial charge in [-0.2, -0.15) is 0 Å². The number of amides is 2. The Balaban J connectivity index is 1.35. The molecule has 2 aromatic carbocycles. The monoisotopic (exact) mass is 466 g/mol. The van der Waals surface area contributed by atoms with Gasteiger partial charge in [0.15, 0.2) is 6.04 Å². The average Bonchev–Trinajstić information content (AvgIpc) is 3.12. The van der Waals surface area contributed by atoms with Gasteiger partial charge < -0.3 is 25.2 Å². The highest BCUT2D eigenvalue weighted by molar-refractivity contribution is 5.86. The lowest BCUT2D eigenvalue weighted by molar-refractivity contribution is -0.144. The summed E-state index contributed by atoms with van der Waals surface area (Å²) in [6.45, 7) is 0.153. The number of hydrogen-bond donors (Lipinski definition) is 3. The van der Waals surface area contributed by atoms with Gasteiger partial charge in [-0.1, -0.05) is 55.0 Å². The Morgan fingerprint density at radius 3 is 2.18 bits per heavy atom. The predicted octanol–water partition coefficient (Wildman–Crippen LogP) is 3.16. The van der Waals surface area contributed by atoms with Crippen LogP contribution in [0.25, 0.3) is 11.1 Å². The molecule has 4 rings (SSSR count). The van der Waals surface area contributed by atoms with Crippen LogP contribution in [0.15, 0.2) is 48.5 Å². The third kappa shape index (κ3) is 5.07. The van der Waals surface area contributed by atoms with Gasteiger partial charge in [0.2, 0.25) is 5.91 Å². The molecule has 0 heterocycles. The zero-order valence-corrected chi connectivity index (χ0v) is 19.2. The molecule has 0 radical (unpaired) electrons. The van der Waals surface area contributed by atoms with E-state index in [2.05, 4.69) is 34.9 Å². The minimum atomic E-state index is -1.16. The maximum atomic E-state index is 12.8. The van der Waals surface area contributed by atoms with Crippen molar-refractivity contribution < 1.29 is 29.0 Å². The third-order valence-electron chi connectivity index (χ3n) is 6.81. The number of fused-ring (bicyclic) bond motifs is 3. The number of rotatable bonds is 10. The molecular weight excluding hydrogens is 436 g/mol. The van der Waals surface area contributed by atoms with Gasteiger partial charge in [0.1, 0.15) is 6.61 Å². The Bertz CT molecular complexity index is 1010. The molecule has 2 amide bonds. The number of ether oxygens (including phenoxy) is 2. The van der Waals surface area contributed by atoms with E-state index in [4.69, 9.17) is 9.47 Å². The lowest BCUT2D eigenvalue weighted by Gasteiger charge is -2.33. The molecule has 0 aliphatic heterocycles. The molecule has 1 unspecified atom stereocenters. The van der Waals surface area contributed by atoms with Crippen LogP contribution < -0.4 is 10.6 Å². The smallest absolute Gasteiger partial charge is 0.407 e. The van der Waals surface area contributed by atoms with Crippen molar-refractivity contribution in [3.05, 3.63) is 59.7 Å². The number of hydrogen-bond acceptors (Lipinski definition) is 5. The molecule has 8 heteroatoms. The molecule has 1 saturated carbocycles. The van der Waals surface area contributed by atoms with Crippen molar-refractivity contribution >= 4 is 18.0 Å². The molecule has 0 spiro atoms. The molecule has 180 valence electrons. The summed E-state index contributed by atoms with van der Waals surface area (Å²) in [6, 6.07) is 15.1. The van der Waals surface area contributed by atoms with Crippen LogP contribution >= 0.6 is 0 Å². The average molecular weight is 467 g/mol. The molecule has 3 N–H and O–H groups in total. The summed E-state index contributed by atoms with van der Waals surface area (Å²) < 4.78 is 10.5. The lowest BCUT2D eigenvalue weighted by atomic mass is 9.75. The van der Waals surface area contributed by atoms with Gasteiger partial charge in [-0.05, 0) is 41.0 Å². The Morgan fingerprint density at radius 2 is 1.65 bits per heavy atom. The highest BCUT2D eigenvalue weighted by Gasteiger charge is 2.35. The van der Waals surface area contributed by atoms with Crippen LogP contribution in [0, 0.1) is 11.8 Å². The van der Waals surface area contributed by atoms with E-state index in [-0.39, 0.29) is 31.6 Å². The fourth-order valence-corrected chi connectivity index (χ4v) is 4.78. The predicted molar refractivity (Wildman–Crippen MR) is 125 cm³/mol. The van der Waals surface area contributed by atoms with Crippen LogP contribution in [0.4, 0.5) is 4.79 Å². The second-order valence-electron chi connectivity index (χ2n) is 8.86. The van der Waals surface area contributed by atoms with E-state index < -0.39 is 29.9 Å². The van der Waals surface area contributed by atoms with Crippen LogP contribution in [0.5, 0.6) is 0 Å². The molecule has 0 saturated heterocycles. The van der Waals surface area contributed by atoms with Crippen molar-refractivity contribution in [3.8, 4) is 11.1 Å². The van der Waals surface area contributed by atoms with E-state index in [1.807, 2.05) is 24.3 Å². The fraction of sp³-hybridized carbons (Fsp3) is 0.423. The topological polar surface area (TPSA) is 114 Å². The third-order valence-corrected chi connectivity index (χ3v) is 6.81. The molecule has 2 atom stereocenters. The highest BCUT2D eigenvalue weighted by atomic mass is 16.5. The van der Waals surface area contributed by atoms with Gasteiger partial charge in [-0.15, -0.1) is 0 Å². The Kier molecular flexibility index (Phi) is 7.47. The first kappa shape index (κ1) is 23.8. The van der Waals surface area contributed by atoms with Crippen LogP contribution in [0.1, 0.15) is 36.3 Å². The summed E-state index contributed by atoms with van der Waals surface area (Å²) in [5.41, 5.74) is 4.55. The van der Waals surface area contributed by atoms with Gasteiger partial charge in [0.05, 0.1) is 12.5 Å². The lowest BCUT2D eigenvalue weighted by Crippen LogP contribution is -2.50. The first-order chi connectivity index (χ1) is 16.5. The van der Waals surface area contributed by atoms with E-state index in [9.17, 15) is 19.5 Å². The number of aliphatic carboxylic acids is 1. The zero-order chi connectivity index (χ0) is 24.1. The SMILES string of the molecule is COC[C@H](NC(=O)C(CNC(=O)OCC1c2ccccc2-c2ccccc21)C1CCC1)C(=O)O. The number of carboxylic acid groups (broad SMARTS) is 1. The molecule has 0 aromatic heterocycles. The van der Waals surface area contributed by atoms with Crippen LogP contribution in [0.3, 0.4) is 0 Å². The van der Waals surface area contributed by atoms with Gasteiger partial charge >= 0.3 is 12.1 Å². The largest absolute Gasteiger partial charge is 0.480 e. The van der Waals surface area contributed by atoms with Gasteiger partial charge in [0.25, 0.3) is 0 Å². The van der Waals surface area contributed by atoms with E-state index in [1.54, 1.807) is 0 Å². The van der Waals surface area contributed by atoms with Crippen LogP contribution in [-0.4, -0.2) is 56.0 Å². The zero-order valence-electron chi connectivity index (χ0n) is 19.2. The molecule has 0 bridgehead atoms. The summed E-state index contributed by atoms with van der Waals surface area (Å²) in [5, 5.41) is 14.5. The van der Waals surface area contributed by atoms with E-state index in [0.29, 0.717) is 0 Å². The second kappa shape index (κ2) is 10.7. The summed E-state index contributed by atoms with van der Waals surface area (Å²) >= 11 is 0. The first-order valence-corrected chi connectivity index (χ1v) is 11.6. The van der Waals surface area contributed by atoms with Crippen molar-refractivity contribution in [1.82, 2.24) is 10.6 Å². The molecule has 2 aromatic rings. The maximum Gasteiger partial charge on any atom is 0.407 e. The molecule has 1 fully saturated rings. The number of carbonyl (C=O) groups excluding carboxylic acids is 2. The fourth-order valence-electron chi connectivity index (χ4n) is 4.78. The van der Waals surface area contributed by atoms with Crippen LogP contribution in [-0.2, 0) is 19.1 Å². The van der Waals surface area contributed by atoms with Gasteiger partial charge in [0, 0.05) is 19.6 Å². The highest BCUT2D eigenvalue weighted by Crippen LogP contribution is 2.44. The van der Waals surface area contributed by atoms with Crippen molar-refractivity contribution in [2.24, 2.45) is 11.8 Å². The van der Waals surface area contributed by atoms with Gasteiger partial charge in [-0.3, -0.25) is 4.79 Å². The Labute approximate surface area is 198 Å². The summed E-state index contributed by atoms with van der Waals surface area (Å²) in [4.78, 5) is 36.7. The number of carboxylic acids is 1. The molecule has 2 aliphatic rings. The Hall–Kier alpha value is -3.39. The van der Waals surface area contributed by atoms with Gasteiger partial charge in [-0.25, -0.2) is 9.59 Å². The van der Waals surface area contributed by atoms with Crippen molar-refractivity contribution in [1.29, 1.82) is 0 Å². The van der Waals surface area contributed by atoms with Crippen LogP contribution in [0.2, 0.25) is 0 Å². The number of carbonyl (C=O) groups is 3. The quantitative estimate of drug-likeness (QED) is 0.496. The summed E-state index contributed by atoms with van der Waals surface area (Å²) in [7, 11) is 1.38. The minimum Gasteiger partial charge on any atom is -0.480 e. The molecule has 34 heavy (non-hydrogen) atoms. The normalized spacial score (nSPS) is 16.5. The van der Waals surface area contributed by atoms with E-state index in [1.165, 1.54) is 7.11 Å². The van der Waals surface area contributed by atoms with E-state index >= 15 is 0 Å². The number of alkyl carbamates (subject to hydrolysis) is 1. The molecular formula is C26H30N2O6. The second-order valence-corrected chi connectivity index (χ2v) is 8.86. The van der Waals surface area contributed by atoms with Crippen molar-refractivity contribution in [2.45, 2.75) is 31.2 Å². The maximum absolute atomic E-state index is 12.8. The Morgan fingerprint density at radius 1 is 1.03 bits per heavy atom. The first-order valence-electron chi connectivity index (χ1n) is 11.6. The van der Waals surface area contributed by atoms with E-state index in [0.717, 1.165) is 41.5 Å². The minimum absolute atomic E-state index is 0.0470. The molecule has 2 aliphatic carbocycles. The van der Waals surface area contributed by atoms with Crippen molar-refractivity contribution in [3.63, 3.8) is 0 Å².